The highest BCUT2D eigenvalue weighted by Gasteiger charge is 2.27. The Hall–Kier alpha value is -0.120. The average molecular weight is 256 g/mol. The number of hydrogen-bond donors (Lipinski definition) is 1. The Labute approximate surface area is 113 Å². The van der Waals surface area contributed by atoms with Crippen LogP contribution in [0.15, 0.2) is 0 Å². The van der Waals surface area contributed by atoms with E-state index in [0.717, 1.165) is 32.2 Å². The fraction of sp³-hybridized carbons (Fsp3) is 1.00. The van der Waals surface area contributed by atoms with E-state index in [-0.39, 0.29) is 5.54 Å². The van der Waals surface area contributed by atoms with Gasteiger partial charge in [0.15, 0.2) is 0 Å². The quantitative estimate of drug-likeness (QED) is 0.578. The van der Waals surface area contributed by atoms with Crippen molar-refractivity contribution >= 4 is 0 Å². The van der Waals surface area contributed by atoms with Crippen LogP contribution >= 0.6 is 0 Å². The highest BCUT2D eigenvalue weighted by atomic mass is 16.5. The first-order valence-corrected chi connectivity index (χ1v) is 7.61. The summed E-state index contributed by atoms with van der Waals surface area (Å²) in [5, 5.41) is 0. The van der Waals surface area contributed by atoms with Crippen molar-refractivity contribution in [3.8, 4) is 0 Å². The van der Waals surface area contributed by atoms with Gasteiger partial charge in [0.1, 0.15) is 0 Å². The zero-order valence-electron chi connectivity index (χ0n) is 12.6. The van der Waals surface area contributed by atoms with Gasteiger partial charge in [-0.3, -0.25) is 4.90 Å². The van der Waals surface area contributed by atoms with Gasteiger partial charge in [-0.05, 0) is 39.2 Å². The van der Waals surface area contributed by atoms with Gasteiger partial charge in [0.25, 0.3) is 0 Å². The maximum absolute atomic E-state index is 5.97. The van der Waals surface area contributed by atoms with E-state index in [0.29, 0.717) is 0 Å². The van der Waals surface area contributed by atoms with Crippen LogP contribution in [0.5, 0.6) is 0 Å². The second-order valence-electron chi connectivity index (χ2n) is 6.10. The van der Waals surface area contributed by atoms with E-state index in [1.165, 1.54) is 38.5 Å². The van der Waals surface area contributed by atoms with Crippen LogP contribution in [0, 0.1) is 5.92 Å². The third-order valence-electron chi connectivity index (χ3n) is 4.30. The number of rotatable bonds is 11. The third kappa shape index (κ3) is 5.68. The molecule has 2 N–H and O–H groups in total. The van der Waals surface area contributed by atoms with Gasteiger partial charge in [-0.1, -0.05) is 26.2 Å². The van der Waals surface area contributed by atoms with Gasteiger partial charge < -0.3 is 10.5 Å². The number of likely N-dealkylation sites (N-methyl/N-ethyl adjacent to an activating group) is 1. The molecule has 0 spiro atoms. The average Bonchev–Trinajstić information content (AvgIpc) is 3.18. The largest absolute Gasteiger partial charge is 0.380 e. The van der Waals surface area contributed by atoms with E-state index >= 15 is 0 Å². The molecule has 108 valence electrons. The SMILES string of the molecule is CCCCCC(C)(CN)N(C)CCOCC1CC1. The molecule has 0 aromatic carbocycles. The van der Waals surface area contributed by atoms with Crippen molar-refractivity contribution in [2.75, 3.05) is 33.4 Å². The topological polar surface area (TPSA) is 38.5 Å². The molecule has 18 heavy (non-hydrogen) atoms. The lowest BCUT2D eigenvalue weighted by molar-refractivity contribution is 0.0613. The normalized spacial score (nSPS) is 19.2. The molecular formula is C15H32N2O. The molecule has 1 fully saturated rings. The van der Waals surface area contributed by atoms with Crippen LogP contribution in [0.2, 0.25) is 0 Å². The number of hydrogen-bond acceptors (Lipinski definition) is 3. The summed E-state index contributed by atoms with van der Waals surface area (Å²) in [7, 11) is 2.18. The Bertz CT molecular complexity index is 219. The van der Waals surface area contributed by atoms with Crippen LogP contribution in [0.1, 0.15) is 52.4 Å². The van der Waals surface area contributed by atoms with E-state index in [4.69, 9.17) is 10.5 Å². The Morgan fingerprint density at radius 1 is 1.33 bits per heavy atom. The molecule has 0 amide bonds. The fourth-order valence-electron chi connectivity index (χ4n) is 2.21. The highest BCUT2D eigenvalue weighted by Crippen LogP contribution is 2.28. The first kappa shape index (κ1) is 15.9. The van der Waals surface area contributed by atoms with Crippen molar-refractivity contribution in [2.45, 2.75) is 57.9 Å². The zero-order chi connectivity index (χ0) is 13.4. The predicted octanol–water partition coefficient (Wildman–Crippen LogP) is 2.64. The third-order valence-corrected chi connectivity index (χ3v) is 4.30. The Kier molecular flexibility index (Phi) is 7.20. The fourth-order valence-corrected chi connectivity index (χ4v) is 2.21. The Morgan fingerprint density at radius 2 is 2.06 bits per heavy atom. The molecule has 0 heterocycles. The van der Waals surface area contributed by atoms with Gasteiger partial charge in [0.2, 0.25) is 0 Å². The summed E-state index contributed by atoms with van der Waals surface area (Å²) in [5.41, 5.74) is 6.11. The first-order chi connectivity index (χ1) is 8.62. The molecule has 1 aliphatic rings. The van der Waals surface area contributed by atoms with Gasteiger partial charge in [0, 0.05) is 25.2 Å². The van der Waals surface area contributed by atoms with E-state index in [1.807, 2.05) is 0 Å². The smallest absolute Gasteiger partial charge is 0.0593 e. The first-order valence-electron chi connectivity index (χ1n) is 7.61. The lowest BCUT2D eigenvalue weighted by atomic mass is 9.93. The van der Waals surface area contributed by atoms with Crippen LogP contribution < -0.4 is 5.73 Å². The molecule has 0 radical (unpaired) electrons. The Balaban J connectivity index is 2.18. The molecule has 1 unspecified atom stereocenters. The minimum atomic E-state index is 0.137. The van der Waals surface area contributed by atoms with E-state index in [9.17, 15) is 0 Å². The molecule has 3 heteroatoms. The van der Waals surface area contributed by atoms with Gasteiger partial charge in [-0.15, -0.1) is 0 Å². The van der Waals surface area contributed by atoms with Crippen LogP contribution in [-0.2, 0) is 4.74 Å². The maximum atomic E-state index is 5.97. The minimum Gasteiger partial charge on any atom is -0.380 e. The van der Waals surface area contributed by atoms with E-state index in [1.54, 1.807) is 0 Å². The maximum Gasteiger partial charge on any atom is 0.0593 e. The summed E-state index contributed by atoms with van der Waals surface area (Å²) in [5.74, 6) is 0.862. The number of nitrogens with two attached hydrogens (primary N) is 1. The monoisotopic (exact) mass is 256 g/mol. The summed E-state index contributed by atoms with van der Waals surface area (Å²) in [6.45, 7) is 8.06. The predicted molar refractivity (Wildman–Crippen MR) is 77.8 cm³/mol. The minimum absolute atomic E-state index is 0.137. The molecule has 3 nitrogen and oxygen atoms in total. The summed E-state index contributed by atoms with van der Waals surface area (Å²) in [4.78, 5) is 2.38. The van der Waals surface area contributed by atoms with E-state index in [2.05, 4.69) is 25.8 Å². The van der Waals surface area contributed by atoms with Gasteiger partial charge in [-0.2, -0.15) is 0 Å². The van der Waals surface area contributed by atoms with Crippen molar-refractivity contribution in [1.29, 1.82) is 0 Å². The molecule has 0 aromatic heterocycles. The number of ether oxygens (including phenoxy) is 1. The van der Waals surface area contributed by atoms with Gasteiger partial charge in [0.05, 0.1) is 6.61 Å². The van der Waals surface area contributed by atoms with Crippen LogP contribution in [0.3, 0.4) is 0 Å². The number of unbranched alkanes of at least 4 members (excludes halogenated alkanes) is 2. The van der Waals surface area contributed by atoms with Crippen LogP contribution in [0.4, 0.5) is 0 Å². The van der Waals surface area contributed by atoms with Crippen molar-refractivity contribution in [1.82, 2.24) is 4.90 Å². The molecule has 0 bridgehead atoms. The van der Waals surface area contributed by atoms with Gasteiger partial charge >= 0.3 is 0 Å². The highest BCUT2D eigenvalue weighted by molar-refractivity contribution is 4.85. The molecular weight excluding hydrogens is 224 g/mol. The zero-order valence-corrected chi connectivity index (χ0v) is 12.6. The molecule has 0 aromatic rings. The Morgan fingerprint density at radius 3 is 2.61 bits per heavy atom. The summed E-state index contributed by atoms with van der Waals surface area (Å²) >= 11 is 0. The summed E-state index contributed by atoms with van der Waals surface area (Å²) < 4.78 is 5.71. The molecule has 1 atom stereocenters. The molecule has 0 aliphatic heterocycles. The van der Waals surface area contributed by atoms with Crippen LogP contribution in [0.25, 0.3) is 0 Å². The summed E-state index contributed by atoms with van der Waals surface area (Å²) in [6.07, 6.45) is 7.78. The molecule has 1 saturated carbocycles. The number of nitrogens with zero attached hydrogens (tertiary/aromatic N) is 1. The second kappa shape index (κ2) is 8.13. The lowest BCUT2D eigenvalue weighted by Gasteiger charge is -2.38. The molecule has 1 rings (SSSR count). The standard InChI is InChI=1S/C15H32N2O/c1-4-5-6-9-15(2,13-16)17(3)10-11-18-12-14-7-8-14/h14H,4-13,16H2,1-3H3. The van der Waals surface area contributed by atoms with Crippen molar-refractivity contribution in [2.24, 2.45) is 11.7 Å². The van der Waals surface area contributed by atoms with Crippen molar-refractivity contribution in [3.63, 3.8) is 0 Å². The van der Waals surface area contributed by atoms with Crippen LogP contribution in [-0.4, -0.2) is 43.8 Å². The molecule has 0 saturated heterocycles. The van der Waals surface area contributed by atoms with Gasteiger partial charge in [-0.25, -0.2) is 0 Å². The lowest BCUT2D eigenvalue weighted by Crippen LogP contribution is -2.50. The molecule has 1 aliphatic carbocycles. The van der Waals surface area contributed by atoms with Crippen molar-refractivity contribution < 1.29 is 4.74 Å². The van der Waals surface area contributed by atoms with Crippen molar-refractivity contribution in [3.05, 3.63) is 0 Å². The summed E-state index contributed by atoms with van der Waals surface area (Å²) in [6, 6.07) is 0. The second-order valence-corrected chi connectivity index (χ2v) is 6.10. The van der Waals surface area contributed by atoms with E-state index < -0.39 is 0 Å².